The Morgan fingerprint density at radius 2 is 1.89 bits per heavy atom. The smallest absolute Gasteiger partial charge is 0.133 e. The van der Waals surface area contributed by atoms with Crippen molar-refractivity contribution < 1.29 is 14.2 Å². The van der Waals surface area contributed by atoms with E-state index in [1.165, 1.54) is 19.2 Å². The summed E-state index contributed by atoms with van der Waals surface area (Å²) in [5.74, 6) is -0.148. The maximum absolute atomic E-state index is 14.1. The third kappa shape index (κ3) is 2.45. The van der Waals surface area contributed by atoms with Crippen LogP contribution in [-0.4, -0.2) is 18.8 Å². The highest BCUT2D eigenvalue weighted by atomic mass is 19.1. The monoisotopic (exact) mass is 261 g/mol. The summed E-state index contributed by atoms with van der Waals surface area (Å²) >= 11 is 0. The maximum Gasteiger partial charge on any atom is 0.133 e. The zero-order chi connectivity index (χ0) is 13.9. The van der Waals surface area contributed by atoms with Crippen molar-refractivity contribution in [3.63, 3.8) is 0 Å². The van der Waals surface area contributed by atoms with Crippen LogP contribution in [0.2, 0.25) is 0 Å². The first-order valence-corrected chi connectivity index (χ1v) is 5.94. The molecule has 19 heavy (non-hydrogen) atoms. The lowest BCUT2D eigenvalue weighted by molar-refractivity contribution is 0.0860. The number of methoxy groups -OCH3 is 1. The van der Waals surface area contributed by atoms with Crippen molar-refractivity contribution in [1.29, 1.82) is 0 Å². The zero-order valence-electron chi connectivity index (χ0n) is 10.6. The minimum Gasteiger partial charge on any atom is -0.497 e. The van der Waals surface area contributed by atoms with Crippen molar-refractivity contribution in [2.45, 2.75) is 5.60 Å². The van der Waals surface area contributed by atoms with E-state index in [4.69, 9.17) is 10.5 Å². The molecule has 3 N–H and O–H groups in total. The summed E-state index contributed by atoms with van der Waals surface area (Å²) in [5.41, 5.74) is 4.82. The molecule has 2 aromatic carbocycles. The molecule has 0 heterocycles. The number of rotatable bonds is 4. The Bertz CT molecular complexity index is 559. The fourth-order valence-corrected chi connectivity index (χ4v) is 2.06. The zero-order valence-corrected chi connectivity index (χ0v) is 10.6. The molecule has 0 saturated heterocycles. The predicted octanol–water partition coefficient (Wildman–Crippen LogP) is 2.03. The number of benzene rings is 2. The summed E-state index contributed by atoms with van der Waals surface area (Å²) < 4.78 is 19.1. The van der Waals surface area contributed by atoms with Crippen LogP contribution in [0.4, 0.5) is 4.39 Å². The van der Waals surface area contributed by atoms with Gasteiger partial charge in [-0.15, -0.1) is 0 Å². The predicted molar refractivity (Wildman–Crippen MR) is 71.4 cm³/mol. The van der Waals surface area contributed by atoms with Gasteiger partial charge >= 0.3 is 0 Å². The van der Waals surface area contributed by atoms with Gasteiger partial charge in [0.25, 0.3) is 0 Å². The van der Waals surface area contributed by atoms with Crippen LogP contribution < -0.4 is 10.5 Å². The molecule has 100 valence electrons. The van der Waals surface area contributed by atoms with Crippen molar-refractivity contribution in [2.24, 2.45) is 5.73 Å². The van der Waals surface area contributed by atoms with Crippen LogP contribution in [-0.2, 0) is 5.60 Å². The Balaban J connectivity index is 2.53. The van der Waals surface area contributed by atoms with Gasteiger partial charge in [0.2, 0.25) is 0 Å². The highest BCUT2D eigenvalue weighted by Crippen LogP contribution is 2.32. The van der Waals surface area contributed by atoms with Crippen LogP contribution in [0.25, 0.3) is 0 Å². The fraction of sp³-hybridized carbons (Fsp3) is 0.200. The SMILES string of the molecule is COc1ccc(C(O)(CN)c2ccccc2)c(F)c1. The molecule has 4 heteroatoms. The van der Waals surface area contributed by atoms with Gasteiger partial charge in [0.15, 0.2) is 0 Å². The molecular formula is C15H16FNO2. The quantitative estimate of drug-likeness (QED) is 0.885. The van der Waals surface area contributed by atoms with Gasteiger partial charge in [0.1, 0.15) is 17.2 Å². The fourth-order valence-electron chi connectivity index (χ4n) is 2.06. The molecule has 0 aliphatic heterocycles. The second-order valence-corrected chi connectivity index (χ2v) is 4.28. The Labute approximate surface area is 111 Å². The van der Waals surface area contributed by atoms with E-state index in [2.05, 4.69) is 0 Å². The van der Waals surface area contributed by atoms with Gasteiger partial charge in [-0.25, -0.2) is 4.39 Å². The number of halogens is 1. The first kappa shape index (κ1) is 13.5. The Morgan fingerprint density at radius 3 is 2.42 bits per heavy atom. The third-order valence-corrected chi connectivity index (χ3v) is 3.17. The average molecular weight is 261 g/mol. The van der Waals surface area contributed by atoms with Crippen molar-refractivity contribution in [3.8, 4) is 5.75 Å². The van der Waals surface area contributed by atoms with Gasteiger partial charge in [-0.1, -0.05) is 30.3 Å². The van der Waals surface area contributed by atoms with Gasteiger partial charge in [0.05, 0.1) is 7.11 Å². The van der Waals surface area contributed by atoms with Crippen molar-refractivity contribution in [1.82, 2.24) is 0 Å². The molecule has 0 saturated carbocycles. The molecule has 3 nitrogen and oxygen atoms in total. The highest BCUT2D eigenvalue weighted by Gasteiger charge is 2.32. The molecule has 1 atom stereocenters. The van der Waals surface area contributed by atoms with Crippen LogP contribution in [0.1, 0.15) is 11.1 Å². The van der Waals surface area contributed by atoms with E-state index >= 15 is 0 Å². The standard InChI is InChI=1S/C15H16FNO2/c1-19-12-7-8-13(14(16)9-12)15(18,10-17)11-5-3-2-4-6-11/h2-9,18H,10,17H2,1H3. The number of ether oxygens (including phenoxy) is 1. The molecule has 0 aliphatic carbocycles. The van der Waals surface area contributed by atoms with Crippen molar-refractivity contribution in [2.75, 3.05) is 13.7 Å². The van der Waals surface area contributed by atoms with Crippen LogP contribution in [0.15, 0.2) is 48.5 Å². The molecule has 0 fully saturated rings. The first-order valence-electron chi connectivity index (χ1n) is 5.94. The van der Waals surface area contributed by atoms with Crippen molar-refractivity contribution in [3.05, 3.63) is 65.5 Å². The van der Waals surface area contributed by atoms with Gasteiger partial charge in [0, 0.05) is 18.2 Å². The average Bonchev–Trinajstić information content (AvgIpc) is 2.47. The van der Waals surface area contributed by atoms with Gasteiger partial charge < -0.3 is 15.6 Å². The van der Waals surface area contributed by atoms with Crippen LogP contribution in [0.3, 0.4) is 0 Å². The summed E-state index contributed by atoms with van der Waals surface area (Å²) in [5, 5.41) is 10.7. The van der Waals surface area contributed by atoms with E-state index in [0.29, 0.717) is 11.3 Å². The van der Waals surface area contributed by atoms with Crippen LogP contribution >= 0.6 is 0 Å². The number of hydrogen-bond acceptors (Lipinski definition) is 3. The highest BCUT2D eigenvalue weighted by molar-refractivity contribution is 5.40. The molecule has 0 radical (unpaired) electrons. The molecule has 2 rings (SSSR count). The van der Waals surface area contributed by atoms with E-state index in [-0.39, 0.29) is 12.1 Å². The van der Waals surface area contributed by atoms with Crippen molar-refractivity contribution >= 4 is 0 Å². The number of hydrogen-bond donors (Lipinski definition) is 2. The summed E-state index contributed by atoms with van der Waals surface area (Å²) in [7, 11) is 1.46. The summed E-state index contributed by atoms with van der Waals surface area (Å²) in [6.07, 6.45) is 0. The van der Waals surface area contributed by atoms with E-state index in [0.717, 1.165) is 0 Å². The van der Waals surface area contributed by atoms with E-state index < -0.39 is 11.4 Å². The molecule has 2 aromatic rings. The molecule has 1 unspecified atom stereocenters. The largest absolute Gasteiger partial charge is 0.497 e. The number of nitrogens with two attached hydrogens (primary N) is 1. The summed E-state index contributed by atoms with van der Waals surface area (Å²) in [6, 6.07) is 13.1. The van der Waals surface area contributed by atoms with Crippen LogP contribution in [0.5, 0.6) is 5.75 Å². The lowest BCUT2D eigenvalue weighted by Crippen LogP contribution is -2.37. The Morgan fingerprint density at radius 1 is 1.21 bits per heavy atom. The lowest BCUT2D eigenvalue weighted by Gasteiger charge is -2.28. The lowest BCUT2D eigenvalue weighted by atomic mass is 9.86. The molecule has 0 amide bonds. The summed E-state index contributed by atoms with van der Waals surface area (Å²) in [6.45, 7) is -0.111. The molecule has 0 bridgehead atoms. The molecule has 0 aromatic heterocycles. The van der Waals surface area contributed by atoms with Gasteiger partial charge in [-0.05, 0) is 17.7 Å². The van der Waals surface area contributed by atoms with E-state index in [1.807, 2.05) is 6.07 Å². The second kappa shape index (κ2) is 5.38. The first-order chi connectivity index (χ1) is 9.11. The molecular weight excluding hydrogens is 245 g/mol. The maximum atomic E-state index is 14.1. The Hall–Kier alpha value is -1.91. The topological polar surface area (TPSA) is 55.5 Å². The van der Waals surface area contributed by atoms with E-state index in [1.54, 1.807) is 30.3 Å². The second-order valence-electron chi connectivity index (χ2n) is 4.28. The van der Waals surface area contributed by atoms with Gasteiger partial charge in [-0.3, -0.25) is 0 Å². The third-order valence-electron chi connectivity index (χ3n) is 3.17. The summed E-state index contributed by atoms with van der Waals surface area (Å²) in [4.78, 5) is 0. The molecule has 0 aliphatic rings. The minimum absolute atomic E-state index is 0.111. The Kier molecular flexibility index (Phi) is 3.83. The van der Waals surface area contributed by atoms with Gasteiger partial charge in [-0.2, -0.15) is 0 Å². The van der Waals surface area contributed by atoms with E-state index in [9.17, 15) is 9.50 Å². The minimum atomic E-state index is -1.54. The van der Waals surface area contributed by atoms with Crippen LogP contribution in [0, 0.1) is 5.82 Å². The normalized spacial score (nSPS) is 13.9. The molecule has 0 spiro atoms. The number of aliphatic hydroxyl groups is 1.